The molecule has 5 heteroatoms. The average molecular weight is 326 g/mol. The van der Waals surface area contributed by atoms with Crippen LogP contribution in [0.4, 0.5) is 0 Å². The first-order valence-electron chi connectivity index (χ1n) is 8.30. The molecule has 0 radical (unpaired) electrons. The molecule has 5 nitrogen and oxygen atoms in total. The Bertz CT molecular complexity index is 803. The molecule has 1 heterocycles. The molecule has 0 fully saturated rings. The number of aromatic nitrogens is 1. The Hall–Kier alpha value is -2.37. The normalized spacial score (nSPS) is 14.1. The largest absolute Gasteiger partial charge is 0.544 e. The topological polar surface area (TPSA) is 81.9 Å². The number of quaternary nitrogens is 1. The van der Waals surface area contributed by atoms with Crippen molar-refractivity contribution < 1.29 is 20.3 Å². The van der Waals surface area contributed by atoms with Gasteiger partial charge in [-0.3, -0.25) is 0 Å². The summed E-state index contributed by atoms with van der Waals surface area (Å²) in [6.07, 6.45) is -0.164. The first-order valence-corrected chi connectivity index (χ1v) is 8.30. The quantitative estimate of drug-likeness (QED) is 0.653. The van der Waals surface area contributed by atoms with Gasteiger partial charge in [-0.05, 0) is 12.1 Å². The molecule has 0 saturated heterocycles. The molecular formula is C19H22N2O3. The minimum Gasteiger partial charge on any atom is -0.544 e. The third-order valence-electron chi connectivity index (χ3n) is 4.51. The zero-order valence-electron chi connectivity index (χ0n) is 13.7. The molecular weight excluding hydrogens is 304 g/mol. The van der Waals surface area contributed by atoms with Crippen LogP contribution in [-0.4, -0.2) is 34.3 Å². The first-order chi connectivity index (χ1) is 11.6. The van der Waals surface area contributed by atoms with Gasteiger partial charge in [-0.15, -0.1) is 0 Å². The van der Waals surface area contributed by atoms with Crippen molar-refractivity contribution in [2.75, 3.05) is 6.54 Å². The van der Waals surface area contributed by atoms with Crippen LogP contribution in [0.1, 0.15) is 13.3 Å². The lowest BCUT2D eigenvalue weighted by atomic mass is 10.2. The number of fused-ring (bicyclic) bond motifs is 3. The Labute approximate surface area is 140 Å². The molecule has 2 atom stereocenters. The molecule has 2 aromatic carbocycles. The second kappa shape index (κ2) is 7.03. The summed E-state index contributed by atoms with van der Waals surface area (Å²) in [5.41, 5.74) is 2.15. The van der Waals surface area contributed by atoms with Gasteiger partial charge in [0, 0.05) is 28.2 Å². The van der Waals surface area contributed by atoms with Crippen LogP contribution in [0.15, 0.2) is 48.5 Å². The zero-order chi connectivity index (χ0) is 17.1. The predicted molar refractivity (Wildman–Crippen MR) is 91.3 cm³/mol. The smallest absolute Gasteiger partial charge is 0.126 e. The average Bonchev–Trinajstić information content (AvgIpc) is 2.90. The fourth-order valence-corrected chi connectivity index (χ4v) is 3.24. The lowest BCUT2D eigenvalue weighted by Gasteiger charge is -2.18. The SMILES string of the molecule is CCC([NH2+]CC(O)Cn1c2ccccc2c2ccccc21)C(=O)[O-]. The van der Waals surface area contributed by atoms with Crippen LogP contribution in [0.3, 0.4) is 0 Å². The minimum absolute atomic E-state index is 0.327. The number of carbonyl (C=O) groups excluding carboxylic acids is 1. The Balaban J connectivity index is 1.85. The molecule has 126 valence electrons. The van der Waals surface area contributed by atoms with Crippen molar-refractivity contribution in [2.24, 2.45) is 0 Å². The van der Waals surface area contributed by atoms with Crippen LogP contribution in [0.2, 0.25) is 0 Å². The molecule has 24 heavy (non-hydrogen) atoms. The summed E-state index contributed by atoms with van der Waals surface area (Å²) >= 11 is 0. The fraction of sp³-hybridized carbons (Fsp3) is 0.316. The summed E-state index contributed by atoms with van der Waals surface area (Å²) in [5.74, 6) is -1.08. The molecule has 0 amide bonds. The monoisotopic (exact) mass is 326 g/mol. The Morgan fingerprint density at radius 1 is 1.12 bits per heavy atom. The number of carboxylic acids is 1. The van der Waals surface area contributed by atoms with Crippen LogP contribution in [-0.2, 0) is 11.3 Å². The molecule has 3 rings (SSSR count). The van der Waals surface area contributed by atoms with Crippen molar-refractivity contribution in [1.82, 2.24) is 4.57 Å². The summed E-state index contributed by atoms with van der Waals surface area (Å²) in [6, 6.07) is 15.6. The van der Waals surface area contributed by atoms with E-state index in [2.05, 4.69) is 16.7 Å². The number of para-hydroxylation sites is 2. The molecule has 0 aliphatic carbocycles. The third kappa shape index (κ3) is 3.13. The highest BCUT2D eigenvalue weighted by Crippen LogP contribution is 2.28. The van der Waals surface area contributed by atoms with Crippen LogP contribution < -0.4 is 10.4 Å². The van der Waals surface area contributed by atoms with Crippen molar-refractivity contribution in [3.63, 3.8) is 0 Å². The maximum absolute atomic E-state index is 11.0. The summed E-state index contributed by atoms with van der Waals surface area (Å²) in [6.45, 7) is 2.55. The molecule has 2 unspecified atom stereocenters. The van der Waals surface area contributed by atoms with Gasteiger partial charge in [-0.1, -0.05) is 43.3 Å². The third-order valence-corrected chi connectivity index (χ3v) is 4.51. The Kier molecular flexibility index (Phi) is 4.83. The van der Waals surface area contributed by atoms with Gasteiger partial charge in [-0.25, -0.2) is 0 Å². The molecule has 0 saturated carbocycles. The number of aliphatic hydroxyl groups is 1. The van der Waals surface area contributed by atoms with E-state index < -0.39 is 18.1 Å². The zero-order valence-corrected chi connectivity index (χ0v) is 13.7. The highest BCUT2D eigenvalue weighted by Gasteiger charge is 2.17. The van der Waals surface area contributed by atoms with Gasteiger partial charge in [-0.2, -0.15) is 0 Å². The lowest BCUT2D eigenvalue weighted by molar-refractivity contribution is -0.689. The molecule has 0 aliphatic rings. The van der Waals surface area contributed by atoms with Crippen molar-refractivity contribution in [1.29, 1.82) is 0 Å². The van der Waals surface area contributed by atoms with E-state index in [4.69, 9.17) is 0 Å². The fourth-order valence-electron chi connectivity index (χ4n) is 3.24. The number of hydrogen-bond donors (Lipinski definition) is 2. The minimum atomic E-state index is -1.08. The van der Waals surface area contributed by atoms with E-state index in [0.717, 1.165) is 21.8 Å². The van der Waals surface area contributed by atoms with Crippen molar-refractivity contribution in [2.45, 2.75) is 32.0 Å². The van der Waals surface area contributed by atoms with Gasteiger partial charge >= 0.3 is 0 Å². The standard InChI is InChI=1S/C19H22N2O3/c1-2-16(19(23)24)20-11-13(22)12-21-17-9-5-3-7-14(17)15-8-4-6-10-18(15)21/h3-10,13,16,20,22H,2,11-12H2,1H3,(H,23,24). The molecule has 3 N–H and O–H groups in total. The van der Waals surface area contributed by atoms with Gasteiger partial charge in [0.25, 0.3) is 0 Å². The highest BCUT2D eigenvalue weighted by atomic mass is 16.4. The predicted octanol–water partition coefficient (Wildman–Crippen LogP) is 0.247. The number of aliphatic carboxylic acids is 1. The number of hydrogen-bond acceptors (Lipinski definition) is 3. The van der Waals surface area contributed by atoms with E-state index in [0.29, 0.717) is 19.5 Å². The number of rotatable bonds is 7. The number of carboxylic acid groups (broad SMARTS) is 1. The van der Waals surface area contributed by atoms with E-state index in [-0.39, 0.29) is 0 Å². The Morgan fingerprint density at radius 3 is 2.17 bits per heavy atom. The van der Waals surface area contributed by atoms with Crippen molar-refractivity contribution >= 4 is 27.8 Å². The lowest BCUT2D eigenvalue weighted by Crippen LogP contribution is -2.94. The van der Waals surface area contributed by atoms with E-state index in [1.807, 2.05) is 36.4 Å². The first kappa shape index (κ1) is 16.5. The van der Waals surface area contributed by atoms with E-state index in [1.165, 1.54) is 0 Å². The van der Waals surface area contributed by atoms with Gasteiger partial charge in [0.15, 0.2) is 0 Å². The van der Waals surface area contributed by atoms with Crippen LogP contribution in [0, 0.1) is 0 Å². The second-order valence-electron chi connectivity index (χ2n) is 6.10. The van der Waals surface area contributed by atoms with Gasteiger partial charge in [0.2, 0.25) is 0 Å². The second-order valence-corrected chi connectivity index (χ2v) is 6.10. The van der Waals surface area contributed by atoms with Crippen molar-refractivity contribution in [3.05, 3.63) is 48.5 Å². The van der Waals surface area contributed by atoms with Crippen LogP contribution in [0.5, 0.6) is 0 Å². The van der Waals surface area contributed by atoms with Crippen LogP contribution >= 0.6 is 0 Å². The summed E-state index contributed by atoms with van der Waals surface area (Å²) in [5, 5.41) is 25.3. The number of aliphatic hydroxyl groups excluding tert-OH is 1. The number of benzene rings is 2. The summed E-state index contributed by atoms with van der Waals surface area (Å²) in [7, 11) is 0. The summed E-state index contributed by atoms with van der Waals surface area (Å²) < 4.78 is 2.10. The number of nitrogens with two attached hydrogens (primary N) is 1. The molecule has 0 spiro atoms. The molecule has 3 aromatic rings. The van der Waals surface area contributed by atoms with E-state index >= 15 is 0 Å². The number of nitrogens with zero attached hydrogens (tertiary/aromatic N) is 1. The van der Waals surface area contributed by atoms with Gasteiger partial charge in [0.1, 0.15) is 18.7 Å². The van der Waals surface area contributed by atoms with Gasteiger partial charge < -0.3 is 24.9 Å². The number of carbonyl (C=O) groups is 1. The van der Waals surface area contributed by atoms with Gasteiger partial charge in [0.05, 0.1) is 12.5 Å². The molecule has 0 aliphatic heterocycles. The van der Waals surface area contributed by atoms with Crippen LogP contribution in [0.25, 0.3) is 21.8 Å². The molecule has 1 aromatic heterocycles. The van der Waals surface area contributed by atoms with E-state index in [9.17, 15) is 15.0 Å². The molecule has 0 bridgehead atoms. The van der Waals surface area contributed by atoms with E-state index in [1.54, 1.807) is 12.2 Å². The summed E-state index contributed by atoms with van der Waals surface area (Å²) in [4.78, 5) is 11.0. The maximum atomic E-state index is 11.0. The Morgan fingerprint density at radius 2 is 1.67 bits per heavy atom. The van der Waals surface area contributed by atoms with Crippen molar-refractivity contribution in [3.8, 4) is 0 Å². The highest BCUT2D eigenvalue weighted by molar-refractivity contribution is 6.07. The maximum Gasteiger partial charge on any atom is 0.126 e.